The molecule has 4 rings (SSSR count). The van der Waals surface area contributed by atoms with Crippen molar-refractivity contribution in [1.82, 2.24) is 4.90 Å². The van der Waals surface area contributed by atoms with Crippen LogP contribution < -0.4 is 4.90 Å². The highest BCUT2D eigenvalue weighted by Gasteiger charge is 2.75. The Morgan fingerprint density at radius 3 is 2.61 bits per heavy atom. The molecule has 1 aromatic carbocycles. The third-order valence-corrected chi connectivity index (χ3v) is 8.20. The first kappa shape index (κ1) is 28.0. The van der Waals surface area contributed by atoms with Gasteiger partial charge in [-0.2, -0.15) is 0 Å². The number of amides is 2. The van der Waals surface area contributed by atoms with Crippen molar-refractivity contribution in [2.24, 2.45) is 11.8 Å². The molecule has 3 saturated heterocycles. The second kappa shape index (κ2) is 11.8. The monoisotopic (exact) mass is 524 g/mol. The smallest absolute Gasteiger partial charge is 0.312 e. The Morgan fingerprint density at radius 2 is 1.95 bits per heavy atom. The van der Waals surface area contributed by atoms with Gasteiger partial charge in [0.15, 0.2) is 0 Å². The van der Waals surface area contributed by atoms with Crippen LogP contribution in [0.5, 0.6) is 0 Å². The molecule has 1 spiro atoms. The number of allylic oxidation sites excluding steroid dienone is 1. The summed E-state index contributed by atoms with van der Waals surface area (Å²) in [4.78, 5) is 45.0. The number of aryl methyl sites for hydroxylation is 2. The van der Waals surface area contributed by atoms with E-state index >= 15 is 0 Å². The van der Waals surface area contributed by atoms with E-state index in [1.807, 2.05) is 32.0 Å². The maximum absolute atomic E-state index is 14.5. The van der Waals surface area contributed by atoms with E-state index in [0.717, 1.165) is 23.2 Å². The van der Waals surface area contributed by atoms with Crippen molar-refractivity contribution in [3.05, 3.63) is 54.6 Å². The zero-order valence-corrected chi connectivity index (χ0v) is 22.6. The summed E-state index contributed by atoms with van der Waals surface area (Å²) in [5.74, 6) is -2.40. The third kappa shape index (κ3) is 4.80. The normalized spacial score (nSPS) is 27.3. The predicted octanol–water partition coefficient (Wildman–Crippen LogP) is 3.48. The maximum Gasteiger partial charge on any atom is 0.312 e. The summed E-state index contributed by atoms with van der Waals surface area (Å²) in [5, 5.41) is 9.37. The zero-order chi connectivity index (χ0) is 27.4. The molecule has 2 amide bonds. The molecule has 38 heavy (non-hydrogen) atoms. The number of hydrogen-bond donors (Lipinski definition) is 1. The summed E-state index contributed by atoms with van der Waals surface area (Å²) in [6.07, 6.45) is 6.57. The SMILES string of the molecule is C=CCCCOC(=O)[C@@H]1[C@@H]2CCC3(O2)C(C(=O)N(CC=C)c2c(C)cccc2C)N(CCCCO)C(=O)[C@H]13. The second-order valence-corrected chi connectivity index (χ2v) is 10.6. The number of para-hydroxylation sites is 1. The van der Waals surface area contributed by atoms with Gasteiger partial charge in [0.2, 0.25) is 5.91 Å². The number of ether oxygens (including phenoxy) is 2. The van der Waals surface area contributed by atoms with Crippen molar-refractivity contribution in [2.45, 2.75) is 70.1 Å². The highest BCUT2D eigenvalue weighted by molar-refractivity contribution is 6.05. The van der Waals surface area contributed by atoms with Crippen molar-refractivity contribution in [3.8, 4) is 0 Å². The fourth-order valence-electron chi connectivity index (χ4n) is 6.63. The highest BCUT2D eigenvalue weighted by atomic mass is 16.6. The first-order chi connectivity index (χ1) is 18.3. The van der Waals surface area contributed by atoms with Crippen LogP contribution in [0.2, 0.25) is 0 Å². The van der Waals surface area contributed by atoms with Gasteiger partial charge in [0.05, 0.1) is 24.5 Å². The number of likely N-dealkylation sites (tertiary alicyclic amines) is 1. The van der Waals surface area contributed by atoms with E-state index in [4.69, 9.17) is 9.47 Å². The van der Waals surface area contributed by atoms with E-state index < -0.39 is 35.6 Å². The van der Waals surface area contributed by atoms with E-state index in [1.165, 1.54) is 0 Å². The molecule has 8 heteroatoms. The molecule has 1 N–H and O–H groups in total. The van der Waals surface area contributed by atoms with E-state index in [9.17, 15) is 19.5 Å². The molecule has 5 atom stereocenters. The molecule has 0 aliphatic carbocycles. The molecule has 3 aliphatic heterocycles. The van der Waals surface area contributed by atoms with Crippen LogP contribution in [0.4, 0.5) is 5.69 Å². The Bertz CT molecular complexity index is 1070. The number of fused-ring (bicyclic) bond motifs is 1. The standard InChI is InChI=1S/C30H40N2O6/c1-5-7-10-19-37-29(36)23-22-14-15-30(38-22)24(23)27(34)32(17-8-9-18-33)26(30)28(35)31(16-6-2)25-20(3)12-11-13-21(25)4/h5-6,11-13,22-24,26,33H,1-2,7-10,14-19H2,3-4H3/t22-,23+,24-,26?,30?/m0/s1. The Labute approximate surface area is 225 Å². The molecular formula is C30H40N2O6. The molecule has 8 nitrogen and oxygen atoms in total. The van der Waals surface area contributed by atoms with Crippen LogP contribution in [0.3, 0.4) is 0 Å². The van der Waals surface area contributed by atoms with Crippen LogP contribution in [-0.4, -0.2) is 71.8 Å². The quantitative estimate of drug-likeness (QED) is 0.241. The topological polar surface area (TPSA) is 96.4 Å². The molecule has 1 aromatic rings. The number of aliphatic hydroxyl groups is 1. The van der Waals surface area contributed by atoms with E-state index in [0.29, 0.717) is 38.6 Å². The van der Waals surface area contributed by atoms with Gasteiger partial charge in [-0.1, -0.05) is 30.4 Å². The number of carbonyl (C=O) groups excluding carboxylic acids is 3. The number of rotatable bonds is 13. The number of unbranched alkanes of at least 4 members (excludes halogenated alkanes) is 2. The highest BCUT2D eigenvalue weighted by Crippen LogP contribution is 2.59. The lowest BCUT2D eigenvalue weighted by atomic mass is 9.70. The van der Waals surface area contributed by atoms with Gasteiger partial charge >= 0.3 is 5.97 Å². The summed E-state index contributed by atoms with van der Waals surface area (Å²) in [5.41, 5.74) is 1.61. The van der Waals surface area contributed by atoms with E-state index in [-0.39, 0.29) is 31.6 Å². The van der Waals surface area contributed by atoms with Gasteiger partial charge < -0.3 is 24.4 Å². The van der Waals surface area contributed by atoms with Gasteiger partial charge in [-0.05, 0) is 63.5 Å². The average molecular weight is 525 g/mol. The second-order valence-electron chi connectivity index (χ2n) is 10.6. The molecule has 3 aliphatic rings. The summed E-state index contributed by atoms with van der Waals surface area (Å²) in [7, 11) is 0. The fraction of sp³-hybridized carbons (Fsp3) is 0.567. The minimum absolute atomic E-state index is 0.00155. The van der Waals surface area contributed by atoms with Crippen LogP contribution >= 0.6 is 0 Å². The van der Waals surface area contributed by atoms with Crippen molar-refractivity contribution in [1.29, 1.82) is 0 Å². The number of anilines is 1. The van der Waals surface area contributed by atoms with Crippen LogP contribution in [0.15, 0.2) is 43.5 Å². The Morgan fingerprint density at radius 1 is 1.21 bits per heavy atom. The van der Waals surface area contributed by atoms with Gasteiger partial charge in [0.1, 0.15) is 11.6 Å². The number of aliphatic hydroxyl groups excluding tert-OH is 1. The van der Waals surface area contributed by atoms with Crippen molar-refractivity contribution in [3.63, 3.8) is 0 Å². The first-order valence-corrected chi connectivity index (χ1v) is 13.7. The van der Waals surface area contributed by atoms with E-state index in [2.05, 4.69) is 13.2 Å². The molecule has 0 aromatic heterocycles. The molecule has 0 saturated carbocycles. The van der Waals surface area contributed by atoms with Crippen molar-refractivity contribution >= 4 is 23.5 Å². The van der Waals surface area contributed by atoms with E-state index in [1.54, 1.807) is 22.0 Å². The van der Waals surface area contributed by atoms with Crippen LogP contribution in [0.1, 0.15) is 49.7 Å². The fourth-order valence-corrected chi connectivity index (χ4v) is 6.63. The summed E-state index contributed by atoms with van der Waals surface area (Å²) < 4.78 is 12.1. The molecule has 2 unspecified atom stereocenters. The summed E-state index contributed by atoms with van der Waals surface area (Å²) in [6.45, 7) is 12.3. The minimum atomic E-state index is -1.08. The predicted molar refractivity (Wildman–Crippen MR) is 144 cm³/mol. The molecule has 206 valence electrons. The van der Waals surface area contributed by atoms with Gasteiger partial charge in [0.25, 0.3) is 5.91 Å². The average Bonchev–Trinajstić information content (AvgIpc) is 3.53. The lowest BCUT2D eigenvalue weighted by Gasteiger charge is -2.37. The largest absolute Gasteiger partial charge is 0.465 e. The van der Waals surface area contributed by atoms with Gasteiger partial charge in [-0.25, -0.2) is 0 Å². The van der Waals surface area contributed by atoms with Crippen LogP contribution in [0.25, 0.3) is 0 Å². The van der Waals surface area contributed by atoms with Crippen molar-refractivity contribution in [2.75, 3.05) is 31.2 Å². The molecule has 3 fully saturated rings. The Balaban J connectivity index is 1.71. The number of esters is 1. The van der Waals surface area contributed by atoms with Gasteiger partial charge in [-0.15, -0.1) is 13.2 Å². The lowest BCUT2D eigenvalue weighted by molar-refractivity contribution is -0.155. The summed E-state index contributed by atoms with van der Waals surface area (Å²) >= 11 is 0. The van der Waals surface area contributed by atoms with Crippen LogP contribution in [-0.2, 0) is 23.9 Å². The Hall–Kier alpha value is -2.97. The molecular weight excluding hydrogens is 484 g/mol. The van der Waals surface area contributed by atoms with Gasteiger partial charge in [-0.3, -0.25) is 14.4 Å². The molecule has 2 bridgehead atoms. The lowest BCUT2D eigenvalue weighted by Crippen LogP contribution is -2.56. The minimum Gasteiger partial charge on any atom is -0.465 e. The molecule has 0 radical (unpaired) electrons. The number of nitrogens with zero attached hydrogens (tertiary/aromatic N) is 2. The zero-order valence-electron chi connectivity index (χ0n) is 22.6. The maximum atomic E-state index is 14.5. The van der Waals surface area contributed by atoms with Crippen LogP contribution in [0, 0.1) is 25.7 Å². The molecule has 3 heterocycles. The summed E-state index contributed by atoms with van der Waals surface area (Å²) in [6, 6.07) is 5.00. The third-order valence-electron chi connectivity index (χ3n) is 8.20. The first-order valence-electron chi connectivity index (χ1n) is 13.7. The Kier molecular flexibility index (Phi) is 8.73. The van der Waals surface area contributed by atoms with Crippen molar-refractivity contribution < 1.29 is 29.0 Å². The number of benzene rings is 1. The number of hydrogen-bond acceptors (Lipinski definition) is 6. The van der Waals surface area contributed by atoms with Gasteiger partial charge in [0, 0.05) is 25.4 Å². The number of carbonyl (C=O) groups is 3.